The Morgan fingerprint density at radius 2 is 1.95 bits per heavy atom. The summed E-state index contributed by atoms with van der Waals surface area (Å²) in [6, 6.07) is 6.86. The van der Waals surface area contributed by atoms with Gasteiger partial charge in [0.2, 0.25) is 0 Å². The summed E-state index contributed by atoms with van der Waals surface area (Å²) < 4.78 is 10.5. The van der Waals surface area contributed by atoms with Crippen LogP contribution in [-0.2, 0) is 4.74 Å². The highest BCUT2D eigenvalue weighted by molar-refractivity contribution is 5.89. The van der Waals surface area contributed by atoms with Crippen molar-refractivity contribution in [3.63, 3.8) is 0 Å². The second kappa shape index (κ2) is 8.20. The molecule has 0 bridgehead atoms. The van der Waals surface area contributed by atoms with Crippen LogP contribution >= 0.6 is 0 Å². The lowest BCUT2D eigenvalue weighted by atomic mass is 10.1. The topological polar surface area (TPSA) is 35.5 Å². The number of methoxy groups -OCH3 is 1. The van der Waals surface area contributed by atoms with Crippen LogP contribution in [0, 0.1) is 0 Å². The first kappa shape index (κ1) is 16.0. The Morgan fingerprint density at radius 1 is 1.30 bits per heavy atom. The molecule has 1 aromatic carbocycles. The van der Waals surface area contributed by atoms with Crippen LogP contribution in [0.25, 0.3) is 0 Å². The summed E-state index contributed by atoms with van der Waals surface area (Å²) in [5, 5.41) is 0. The lowest BCUT2D eigenvalue weighted by Gasteiger charge is -2.13. The van der Waals surface area contributed by atoms with Crippen molar-refractivity contribution in [2.24, 2.45) is 0 Å². The number of esters is 1. The quantitative estimate of drug-likeness (QED) is 0.553. The standard InChI is InChI=1S/C17H22O3/c1-5-15(8-6-7-13(2)3)20-17(18)14-9-11-16(19-4)12-10-14/h5,7,9-12,15H,1,6,8H2,2-4H3/t15-/m0/s1. The predicted molar refractivity (Wildman–Crippen MR) is 81.1 cm³/mol. The molecule has 0 aromatic heterocycles. The Hall–Kier alpha value is -2.03. The van der Waals surface area contributed by atoms with E-state index in [0.717, 1.165) is 12.8 Å². The molecule has 1 atom stereocenters. The van der Waals surface area contributed by atoms with Gasteiger partial charge in [-0.3, -0.25) is 0 Å². The van der Waals surface area contributed by atoms with Gasteiger partial charge in [-0.1, -0.05) is 24.3 Å². The van der Waals surface area contributed by atoms with Gasteiger partial charge in [0.25, 0.3) is 0 Å². The summed E-state index contributed by atoms with van der Waals surface area (Å²) in [4.78, 5) is 12.0. The molecule has 0 aliphatic heterocycles. The van der Waals surface area contributed by atoms with E-state index in [9.17, 15) is 4.79 Å². The maximum Gasteiger partial charge on any atom is 0.338 e. The fourth-order valence-electron chi connectivity index (χ4n) is 1.69. The van der Waals surface area contributed by atoms with E-state index in [4.69, 9.17) is 9.47 Å². The zero-order valence-electron chi connectivity index (χ0n) is 12.4. The van der Waals surface area contributed by atoms with Crippen molar-refractivity contribution in [3.8, 4) is 5.75 Å². The Kier molecular flexibility index (Phi) is 6.57. The third-order valence-electron chi connectivity index (χ3n) is 2.85. The first-order chi connectivity index (χ1) is 9.56. The zero-order chi connectivity index (χ0) is 15.0. The van der Waals surface area contributed by atoms with Gasteiger partial charge in [-0.05, 0) is 51.0 Å². The summed E-state index contributed by atoms with van der Waals surface area (Å²) >= 11 is 0. The van der Waals surface area contributed by atoms with Crippen molar-refractivity contribution in [2.45, 2.75) is 32.8 Å². The molecule has 0 spiro atoms. The highest BCUT2D eigenvalue weighted by atomic mass is 16.5. The van der Waals surface area contributed by atoms with Gasteiger partial charge in [0, 0.05) is 0 Å². The van der Waals surface area contributed by atoms with Gasteiger partial charge < -0.3 is 9.47 Å². The zero-order valence-corrected chi connectivity index (χ0v) is 12.4. The predicted octanol–water partition coefficient (Wildman–Crippen LogP) is 4.15. The number of carbonyl (C=O) groups is 1. The van der Waals surface area contributed by atoms with Crippen molar-refractivity contribution in [3.05, 3.63) is 54.1 Å². The molecule has 3 heteroatoms. The van der Waals surface area contributed by atoms with Crippen LogP contribution in [0.1, 0.15) is 37.0 Å². The monoisotopic (exact) mass is 274 g/mol. The molecule has 0 radical (unpaired) electrons. The van der Waals surface area contributed by atoms with Gasteiger partial charge in [-0.2, -0.15) is 0 Å². The maximum absolute atomic E-state index is 12.0. The Balaban J connectivity index is 2.57. The third-order valence-corrected chi connectivity index (χ3v) is 2.85. The Bertz CT molecular complexity index is 468. The number of allylic oxidation sites excluding steroid dienone is 2. The molecule has 0 N–H and O–H groups in total. The molecule has 0 heterocycles. The number of carbonyl (C=O) groups excluding carboxylic acids is 1. The summed E-state index contributed by atoms with van der Waals surface area (Å²) in [5.41, 5.74) is 1.77. The number of hydrogen-bond donors (Lipinski definition) is 0. The van der Waals surface area contributed by atoms with Crippen molar-refractivity contribution < 1.29 is 14.3 Å². The molecule has 0 aliphatic carbocycles. The van der Waals surface area contributed by atoms with Crippen LogP contribution in [0.15, 0.2) is 48.6 Å². The highest BCUT2D eigenvalue weighted by Crippen LogP contribution is 2.14. The fourth-order valence-corrected chi connectivity index (χ4v) is 1.69. The third kappa shape index (κ3) is 5.31. The smallest absolute Gasteiger partial charge is 0.338 e. The molecule has 108 valence electrons. The minimum absolute atomic E-state index is 0.264. The van der Waals surface area contributed by atoms with Crippen molar-refractivity contribution in [2.75, 3.05) is 7.11 Å². The molecule has 0 saturated heterocycles. The molecule has 3 nitrogen and oxygen atoms in total. The van der Waals surface area contributed by atoms with Gasteiger partial charge >= 0.3 is 5.97 Å². The normalized spacial score (nSPS) is 11.3. The van der Waals surface area contributed by atoms with Gasteiger partial charge in [-0.25, -0.2) is 4.79 Å². The number of hydrogen-bond acceptors (Lipinski definition) is 3. The van der Waals surface area contributed by atoms with Gasteiger partial charge in [-0.15, -0.1) is 0 Å². The summed E-state index contributed by atoms with van der Waals surface area (Å²) in [6.45, 7) is 7.81. The van der Waals surface area contributed by atoms with E-state index in [1.165, 1.54) is 5.57 Å². The molecule has 0 aliphatic rings. The van der Waals surface area contributed by atoms with Crippen LogP contribution in [0.2, 0.25) is 0 Å². The van der Waals surface area contributed by atoms with E-state index in [1.807, 2.05) is 13.8 Å². The Labute approximate surface area is 120 Å². The average molecular weight is 274 g/mol. The van der Waals surface area contributed by atoms with E-state index in [1.54, 1.807) is 37.5 Å². The first-order valence-electron chi connectivity index (χ1n) is 6.67. The largest absolute Gasteiger partial charge is 0.497 e. The summed E-state index contributed by atoms with van der Waals surface area (Å²) in [6.07, 6.45) is 5.14. The van der Waals surface area contributed by atoms with E-state index in [2.05, 4.69) is 12.7 Å². The van der Waals surface area contributed by atoms with Gasteiger partial charge in [0.1, 0.15) is 11.9 Å². The molecule has 1 aromatic rings. The fraction of sp³-hybridized carbons (Fsp3) is 0.353. The van der Waals surface area contributed by atoms with Crippen LogP contribution in [0.3, 0.4) is 0 Å². The molecule has 0 amide bonds. The van der Waals surface area contributed by atoms with Gasteiger partial charge in [0.15, 0.2) is 0 Å². The van der Waals surface area contributed by atoms with E-state index in [0.29, 0.717) is 11.3 Å². The minimum Gasteiger partial charge on any atom is -0.497 e. The molecule has 0 saturated carbocycles. The van der Waals surface area contributed by atoms with E-state index >= 15 is 0 Å². The van der Waals surface area contributed by atoms with Crippen LogP contribution in [0.5, 0.6) is 5.75 Å². The Morgan fingerprint density at radius 3 is 2.45 bits per heavy atom. The second-order valence-electron chi connectivity index (χ2n) is 4.77. The van der Waals surface area contributed by atoms with Crippen LogP contribution in [0.4, 0.5) is 0 Å². The summed E-state index contributed by atoms with van der Waals surface area (Å²) in [5.74, 6) is 0.375. The van der Waals surface area contributed by atoms with Crippen molar-refractivity contribution in [1.29, 1.82) is 0 Å². The lowest BCUT2D eigenvalue weighted by Crippen LogP contribution is -2.15. The molecule has 1 rings (SSSR count). The average Bonchev–Trinajstić information content (AvgIpc) is 2.45. The minimum atomic E-state index is -0.338. The summed E-state index contributed by atoms with van der Waals surface area (Å²) in [7, 11) is 1.59. The van der Waals surface area contributed by atoms with E-state index in [-0.39, 0.29) is 12.1 Å². The van der Waals surface area contributed by atoms with Crippen molar-refractivity contribution in [1.82, 2.24) is 0 Å². The molecular formula is C17H22O3. The molecule has 20 heavy (non-hydrogen) atoms. The van der Waals surface area contributed by atoms with Gasteiger partial charge in [0.05, 0.1) is 12.7 Å². The highest BCUT2D eigenvalue weighted by Gasteiger charge is 2.12. The SMILES string of the molecule is C=C[C@@H](CCC=C(C)C)OC(=O)c1ccc(OC)cc1. The van der Waals surface area contributed by atoms with E-state index < -0.39 is 0 Å². The molecule has 0 fully saturated rings. The maximum atomic E-state index is 12.0. The van der Waals surface area contributed by atoms with Crippen LogP contribution in [-0.4, -0.2) is 19.2 Å². The lowest BCUT2D eigenvalue weighted by molar-refractivity contribution is 0.0382. The van der Waals surface area contributed by atoms with Crippen molar-refractivity contribution >= 4 is 5.97 Å². The molecule has 0 unspecified atom stereocenters. The first-order valence-corrected chi connectivity index (χ1v) is 6.67. The van der Waals surface area contributed by atoms with Crippen LogP contribution < -0.4 is 4.74 Å². The second-order valence-corrected chi connectivity index (χ2v) is 4.77. The molecular weight excluding hydrogens is 252 g/mol. The number of ether oxygens (including phenoxy) is 2. The number of rotatable bonds is 7. The number of benzene rings is 1.